The molecule has 4 nitrogen and oxygen atoms in total. The van der Waals surface area contributed by atoms with Crippen molar-refractivity contribution in [3.63, 3.8) is 0 Å². The molecule has 0 radical (unpaired) electrons. The zero-order valence-electron chi connectivity index (χ0n) is 9.05. The summed E-state index contributed by atoms with van der Waals surface area (Å²) >= 11 is 1.74. The molecule has 84 valence electrons. The van der Waals surface area contributed by atoms with Crippen LogP contribution in [0, 0.1) is 0 Å². The molecule has 2 aromatic heterocycles. The van der Waals surface area contributed by atoms with Crippen molar-refractivity contribution in [3.8, 4) is 0 Å². The number of anilines is 2. The molecule has 0 fully saturated rings. The summed E-state index contributed by atoms with van der Waals surface area (Å²) in [6.45, 7) is 2.14. The summed E-state index contributed by atoms with van der Waals surface area (Å²) in [4.78, 5) is 9.48. The largest absolute Gasteiger partial charge is 0.382 e. The first-order chi connectivity index (χ1) is 7.79. The molecule has 2 rings (SSSR count). The fourth-order valence-corrected chi connectivity index (χ4v) is 2.35. The van der Waals surface area contributed by atoms with E-state index in [1.807, 2.05) is 0 Å². The Labute approximate surface area is 98.6 Å². The first-order valence-electron chi connectivity index (χ1n) is 5.17. The third-order valence-corrected chi connectivity index (χ3v) is 3.26. The highest BCUT2D eigenvalue weighted by atomic mass is 32.1. The molecular weight excluding hydrogens is 220 g/mol. The third-order valence-electron chi connectivity index (χ3n) is 2.27. The average Bonchev–Trinajstić information content (AvgIpc) is 2.79. The number of thiophene rings is 1. The molecule has 0 bridgehead atoms. The van der Waals surface area contributed by atoms with Crippen LogP contribution in [0.25, 0.3) is 0 Å². The van der Waals surface area contributed by atoms with E-state index in [2.05, 4.69) is 39.7 Å². The predicted molar refractivity (Wildman–Crippen MR) is 67.4 cm³/mol. The van der Waals surface area contributed by atoms with Crippen LogP contribution in [0.2, 0.25) is 0 Å². The SMILES string of the molecule is CCC(Nc1cncc(N)n1)c1cccs1. The molecule has 3 N–H and O–H groups in total. The minimum absolute atomic E-state index is 0.274. The van der Waals surface area contributed by atoms with Crippen LogP contribution in [0.1, 0.15) is 24.3 Å². The van der Waals surface area contributed by atoms with Gasteiger partial charge < -0.3 is 11.1 Å². The van der Waals surface area contributed by atoms with E-state index in [4.69, 9.17) is 5.73 Å². The highest BCUT2D eigenvalue weighted by Gasteiger charge is 2.10. The topological polar surface area (TPSA) is 63.8 Å². The molecule has 0 aliphatic heterocycles. The van der Waals surface area contributed by atoms with Crippen molar-refractivity contribution >= 4 is 23.0 Å². The van der Waals surface area contributed by atoms with E-state index in [1.165, 1.54) is 11.1 Å². The van der Waals surface area contributed by atoms with Gasteiger partial charge in [0.25, 0.3) is 0 Å². The number of hydrogen-bond acceptors (Lipinski definition) is 5. The average molecular weight is 234 g/mol. The van der Waals surface area contributed by atoms with Crippen molar-refractivity contribution in [1.29, 1.82) is 0 Å². The summed E-state index contributed by atoms with van der Waals surface area (Å²) in [6, 6.07) is 4.44. The van der Waals surface area contributed by atoms with E-state index < -0.39 is 0 Å². The lowest BCUT2D eigenvalue weighted by molar-refractivity contribution is 0.758. The van der Waals surface area contributed by atoms with Crippen molar-refractivity contribution in [1.82, 2.24) is 9.97 Å². The molecule has 0 amide bonds. The van der Waals surface area contributed by atoms with E-state index >= 15 is 0 Å². The van der Waals surface area contributed by atoms with E-state index in [1.54, 1.807) is 17.5 Å². The molecule has 0 spiro atoms. The molecule has 1 atom stereocenters. The minimum atomic E-state index is 0.274. The molecule has 0 aliphatic rings. The maximum atomic E-state index is 5.58. The second-order valence-corrected chi connectivity index (χ2v) is 4.43. The summed E-state index contributed by atoms with van der Waals surface area (Å²) < 4.78 is 0. The van der Waals surface area contributed by atoms with Crippen molar-refractivity contribution in [2.24, 2.45) is 0 Å². The summed E-state index contributed by atoms with van der Waals surface area (Å²) in [5.41, 5.74) is 5.58. The lowest BCUT2D eigenvalue weighted by Gasteiger charge is -2.15. The number of nitrogens with zero attached hydrogens (tertiary/aromatic N) is 2. The minimum Gasteiger partial charge on any atom is -0.382 e. The van der Waals surface area contributed by atoms with Crippen molar-refractivity contribution in [3.05, 3.63) is 34.8 Å². The van der Waals surface area contributed by atoms with Gasteiger partial charge in [-0.15, -0.1) is 11.3 Å². The molecule has 2 aromatic rings. The number of nitrogen functional groups attached to an aromatic ring is 1. The second kappa shape index (κ2) is 4.94. The maximum absolute atomic E-state index is 5.58. The van der Waals surface area contributed by atoms with E-state index in [0.29, 0.717) is 5.82 Å². The summed E-state index contributed by atoms with van der Waals surface area (Å²) in [7, 11) is 0. The van der Waals surface area contributed by atoms with Gasteiger partial charge in [-0.3, -0.25) is 4.98 Å². The van der Waals surface area contributed by atoms with Gasteiger partial charge in [0.1, 0.15) is 11.6 Å². The monoisotopic (exact) mass is 234 g/mol. The van der Waals surface area contributed by atoms with Crippen LogP contribution in [0.15, 0.2) is 29.9 Å². The summed E-state index contributed by atoms with van der Waals surface area (Å²) in [5.74, 6) is 1.16. The third kappa shape index (κ3) is 2.49. The Morgan fingerprint density at radius 1 is 1.50 bits per heavy atom. The molecule has 5 heteroatoms. The molecule has 16 heavy (non-hydrogen) atoms. The number of nitrogens with two attached hydrogens (primary N) is 1. The van der Waals surface area contributed by atoms with E-state index in [0.717, 1.165) is 12.2 Å². The molecule has 1 unspecified atom stereocenters. The lowest BCUT2D eigenvalue weighted by atomic mass is 10.2. The van der Waals surface area contributed by atoms with Crippen LogP contribution >= 0.6 is 11.3 Å². The Balaban J connectivity index is 2.13. The standard InChI is InChI=1S/C11H14N4S/c1-2-8(9-4-3-5-16-9)14-11-7-13-6-10(12)15-11/h3-8H,2H2,1H3,(H3,12,14,15). The number of rotatable bonds is 4. The fourth-order valence-electron chi connectivity index (χ4n) is 1.49. The van der Waals surface area contributed by atoms with Gasteiger partial charge in [0.05, 0.1) is 18.4 Å². The zero-order chi connectivity index (χ0) is 11.4. The second-order valence-electron chi connectivity index (χ2n) is 3.45. The number of aromatic nitrogens is 2. The van der Waals surface area contributed by atoms with Gasteiger partial charge in [-0.2, -0.15) is 0 Å². The van der Waals surface area contributed by atoms with E-state index in [9.17, 15) is 0 Å². The van der Waals surface area contributed by atoms with Crippen molar-refractivity contribution in [2.45, 2.75) is 19.4 Å². The van der Waals surface area contributed by atoms with Crippen molar-refractivity contribution in [2.75, 3.05) is 11.1 Å². The zero-order valence-corrected chi connectivity index (χ0v) is 9.87. The van der Waals surface area contributed by atoms with Gasteiger partial charge in [0.2, 0.25) is 0 Å². The Morgan fingerprint density at radius 2 is 2.38 bits per heavy atom. The molecule has 0 saturated carbocycles. The number of hydrogen-bond donors (Lipinski definition) is 2. The first-order valence-corrected chi connectivity index (χ1v) is 6.05. The summed E-state index contributed by atoms with van der Waals surface area (Å²) in [6.07, 6.45) is 4.22. The van der Waals surface area contributed by atoms with Gasteiger partial charge in [0, 0.05) is 4.88 Å². The van der Waals surface area contributed by atoms with Crippen LogP contribution in [-0.4, -0.2) is 9.97 Å². The Bertz CT molecular complexity index is 441. The molecule has 0 aliphatic carbocycles. The molecular formula is C11H14N4S. The van der Waals surface area contributed by atoms with Gasteiger partial charge >= 0.3 is 0 Å². The Hall–Kier alpha value is -1.62. The first kappa shape index (κ1) is 10.9. The van der Waals surface area contributed by atoms with Gasteiger partial charge in [-0.25, -0.2) is 4.98 Å². The molecule has 2 heterocycles. The molecule has 0 saturated heterocycles. The van der Waals surface area contributed by atoms with Crippen LogP contribution in [0.4, 0.5) is 11.6 Å². The van der Waals surface area contributed by atoms with Crippen LogP contribution in [-0.2, 0) is 0 Å². The lowest BCUT2D eigenvalue weighted by Crippen LogP contribution is -2.10. The highest BCUT2D eigenvalue weighted by Crippen LogP contribution is 2.25. The van der Waals surface area contributed by atoms with E-state index in [-0.39, 0.29) is 6.04 Å². The smallest absolute Gasteiger partial charge is 0.147 e. The predicted octanol–water partition coefficient (Wildman–Crippen LogP) is 2.68. The van der Waals surface area contributed by atoms with Gasteiger partial charge in [-0.05, 0) is 17.9 Å². The summed E-state index contributed by atoms with van der Waals surface area (Å²) in [5, 5.41) is 5.40. The van der Waals surface area contributed by atoms with Gasteiger partial charge in [-0.1, -0.05) is 13.0 Å². The maximum Gasteiger partial charge on any atom is 0.147 e. The van der Waals surface area contributed by atoms with Crippen LogP contribution in [0.5, 0.6) is 0 Å². The van der Waals surface area contributed by atoms with Crippen LogP contribution < -0.4 is 11.1 Å². The van der Waals surface area contributed by atoms with Crippen LogP contribution in [0.3, 0.4) is 0 Å². The highest BCUT2D eigenvalue weighted by molar-refractivity contribution is 7.10. The molecule has 0 aromatic carbocycles. The van der Waals surface area contributed by atoms with Gasteiger partial charge in [0.15, 0.2) is 0 Å². The van der Waals surface area contributed by atoms with Crippen molar-refractivity contribution < 1.29 is 0 Å². The number of nitrogens with one attached hydrogen (secondary N) is 1. The Morgan fingerprint density at radius 3 is 3.00 bits per heavy atom. The quantitative estimate of drug-likeness (QED) is 0.853. The Kier molecular flexibility index (Phi) is 3.36. The normalized spacial score (nSPS) is 12.3. The fraction of sp³-hybridized carbons (Fsp3) is 0.273.